The molecule has 0 aromatic carbocycles. The van der Waals surface area contributed by atoms with Gasteiger partial charge in [-0.05, 0) is 69.6 Å². The minimum atomic E-state index is 0.784. The van der Waals surface area contributed by atoms with Gasteiger partial charge in [0, 0.05) is 12.1 Å². The summed E-state index contributed by atoms with van der Waals surface area (Å²) in [7, 11) is 0. The van der Waals surface area contributed by atoms with Gasteiger partial charge in [-0.15, -0.1) is 0 Å². The third-order valence-electron chi connectivity index (χ3n) is 6.07. The molecule has 3 rings (SSSR count). The lowest BCUT2D eigenvalue weighted by atomic mass is 9.71. The average Bonchev–Trinajstić information content (AvgIpc) is 2.68. The summed E-state index contributed by atoms with van der Waals surface area (Å²) in [6.07, 6.45) is 16.5. The quantitative estimate of drug-likeness (QED) is 0.770. The van der Waals surface area contributed by atoms with Crippen LogP contribution in [0.1, 0.15) is 77.6 Å². The minimum absolute atomic E-state index is 0.784. The SMILES string of the molecule is CC(NC1CCC2(CCCC2)CC1)C1CCC1. The van der Waals surface area contributed by atoms with Gasteiger partial charge >= 0.3 is 0 Å². The van der Waals surface area contributed by atoms with Crippen LogP contribution in [0.25, 0.3) is 0 Å². The fourth-order valence-electron chi connectivity index (χ4n) is 4.47. The lowest BCUT2D eigenvalue weighted by molar-refractivity contribution is 0.146. The van der Waals surface area contributed by atoms with Gasteiger partial charge in [0.2, 0.25) is 0 Å². The van der Waals surface area contributed by atoms with E-state index >= 15 is 0 Å². The first kappa shape index (κ1) is 12.0. The summed E-state index contributed by atoms with van der Waals surface area (Å²) in [6, 6.07) is 1.63. The lowest BCUT2D eigenvalue weighted by Gasteiger charge is -2.41. The highest BCUT2D eigenvalue weighted by Gasteiger charge is 2.38. The monoisotopic (exact) mass is 235 g/mol. The summed E-state index contributed by atoms with van der Waals surface area (Å²) in [4.78, 5) is 0. The standard InChI is InChI=1S/C16H29N/c1-13(14-5-4-6-14)17-15-7-11-16(12-8-15)9-2-3-10-16/h13-15,17H,2-12H2,1H3. The number of nitrogens with one attached hydrogen (secondary N) is 1. The second-order valence-corrected chi connectivity index (χ2v) is 7.13. The first-order valence-electron chi connectivity index (χ1n) is 8.04. The van der Waals surface area contributed by atoms with Gasteiger partial charge in [-0.1, -0.05) is 19.3 Å². The van der Waals surface area contributed by atoms with Crippen molar-refractivity contribution in [3.63, 3.8) is 0 Å². The van der Waals surface area contributed by atoms with Gasteiger partial charge < -0.3 is 5.32 Å². The Labute approximate surface area is 107 Å². The molecule has 1 nitrogen and oxygen atoms in total. The molecule has 0 aromatic rings. The molecule has 98 valence electrons. The van der Waals surface area contributed by atoms with Crippen LogP contribution in [-0.4, -0.2) is 12.1 Å². The van der Waals surface area contributed by atoms with Gasteiger partial charge in [-0.3, -0.25) is 0 Å². The van der Waals surface area contributed by atoms with E-state index in [1.165, 1.54) is 70.6 Å². The molecule has 0 saturated heterocycles. The zero-order valence-electron chi connectivity index (χ0n) is 11.5. The molecule has 1 spiro atoms. The Morgan fingerprint density at radius 1 is 0.882 bits per heavy atom. The zero-order valence-corrected chi connectivity index (χ0v) is 11.5. The van der Waals surface area contributed by atoms with E-state index in [4.69, 9.17) is 0 Å². The number of hydrogen-bond donors (Lipinski definition) is 1. The highest BCUT2D eigenvalue weighted by Crippen LogP contribution is 2.49. The molecule has 3 fully saturated rings. The Bertz CT molecular complexity index is 240. The van der Waals surface area contributed by atoms with Gasteiger partial charge in [0.1, 0.15) is 0 Å². The normalized spacial score (nSPS) is 31.6. The average molecular weight is 235 g/mol. The molecule has 0 aliphatic heterocycles. The predicted molar refractivity (Wildman–Crippen MR) is 73.1 cm³/mol. The van der Waals surface area contributed by atoms with Crippen molar-refractivity contribution >= 4 is 0 Å². The molecule has 3 aliphatic carbocycles. The molecular formula is C16H29N. The van der Waals surface area contributed by atoms with E-state index in [2.05, 4.69) is 12.2 Å². The topological polar surface area (TPSA) is 12.0 Å². The minimum Gasteiger partial charge on any atom is -0.311 e. The van der Waals surface area contributed by atoms with Gasteiger partial charge in [-0.25, -0.2) is 0 Å². The van der Waals surface area contributed by atoms with E-state index in [-0.39, 0.29) is 0 Å². The zero-order chi connectivity index (χ0) is 11.7. The molecule has 1 unspecified atom stereocenters. The van der Waals surface area contributed by atoms with Gasteiger partial charge in [0.05, 0.1) is 0 Å². The Morgan fingerprint density at radius 3 is 2.06 bits per heavy atom. The Kier molecular flexibility index (Phi) is 3.47. The number of rotatable bonds is 3. The highest BCUT2D eigenvalue weighted by atomic mass is 15.0. The van der Waals surface area contributed by atoms with E-state index in [1.807, 2.05) is 0 Å². The first-order valence-corrected chi connectivity index (χ1v) is 8.04. The van der Waals surface area contributed by atoms with Crippen molar-refractivity contribution in [2.24, 2.45) is 11.3 Å². The summed E-state index contributed by atoms with van der Waals surface area (Å²) in [6.45, 7) is 2.42. The van der Waals surface area contributed by atoms with Crippen LogP contribution < -0.4 is 5.32 Å². The van der Waals surface area contributed by atoms with Crippen molar-refractivity contribution in [2.75, 3.05) is 0 Å². The maximum Gasteiger partial charge on any atom is 0.00700 e. The summed E-state index contributed by atoms with van der Waals surface area (Å²) in [5.74, 6) is 0.998. The van der Waals surface area contributed by atoms with Crippen LogP contribution in [-0.2, 0) is 0 Å². The van der Waals surface area contributed by atoms with Crippen molar-refractivity contribution in [1.82, 2.24) is 5.32 Å². The molecule has 17 heavy (non-hydrogen) atoms. The van der Waals surface area contributed by atoms with Gasteiger partial charge in [0.15, 0.2) is 0 Å². The predicted octanol–water partition coefficient (Wildman–Crippen LogP) is 4.27. The molecule has 0 radical (unpaired) electrons. The van der Waals surface area contributed by atoms with Gasteiger partial charge in [-0.2, -0.15) is 0 Å². The summed E-state index contributed by atoms with van der Waals surface area (Å²) in [5.41, 5.74) is 0.803. The van der Waals surface area contributed by atoms with E-state index in [9.17, 15) is 0 Å². The van der Waals surface area contributed by atoms with E-state index < -0.39 is 0 Å². The molecule has 1 N–H and O–H groups in total. The van der Waals surface area contributed by atoms with Crippen molar-refractivity contribution in [3.05, 3.63) is 0 Å². The largest absolute Gasteiger partial charge is 0.311 e. The molecule has 1 atom stereocenters. The maximum atomic E-state index is 3.93. The van der Waals surface area contributed by atoms with Crippen LogP contribution in [0.15, 0.2) is 0 Å². The summed E-state index contributed by atoms with van der Waals surface area (Å²) >= 11 is 0. The van der Waals surface area contributed by atoms with Crippen LogP contribution >= 0.6 is 0 Å². The third kappa shape index (κ3) is 2.54. The first-order chi connectivity index (χ1) is 8.27. The van der Waals surface area contributed by atoms with Crippen LogP contribution in [0.3, 0.4) is 0 Å². The highest BCUT2D eigenvalue weighted by molar-refractivity contribution is 4.92. The van der Waals surface area contributed by atoms with E-state index in [1.54, 1.807) is 0 Å². The Hall–Kier alpha value is -0.0400. The second kappa shape index (κ2) is 4.91. The fourth-order valence-corrected chi connectivity index (χ4v) is 4.47. The molecule has 0 amide bonds. The fraction of sp³-hybridized carbons (Fsp3) is 1.00. The van der Waals surface area contributed by atoms with Crippen LogP contribution in [0.2, 0.25) is 0 Å². The molecule has 3 aliphatic rings. The van der Waals surface area contributed by atoms with Crippen LogP contribution in [0.5, 0.6) is 0 Å². The maximum absolute atomic E-state index is 3.93. The molecule has 1 heteroatoms. The Balaban J connectivity index is 1.44. The van der Waals surface area contributed by atoms with E-state index in [0.717, 1.165) is 23.4 Å². The smallest absolute Gasteiger partial charge is 0.00700 e. The van der Waals surface area contributed by atoms with Crippen molar-refractivity contribution in [2.45, 2.75) is 89.6 Å². The molecule has 0 bridgehead atoms. The summed E-state index contributed by atoms with van der Waals surface area (Å²) < 4.78 is 0. The van der Waals surface area contributed by atoms with Crippen LogP contribution in [0.4, 0.5) is 0 Å². The third-order valence-corrected chi connectivity index (χ3v) is 6.07. The van der Waals surface area contributed by atoms with Gasteiger partial charge in [0.25, 0.3) is 0 Å². The molecule has 3 saturated carbocycles. The van der Waals surface area contributed by atoms with E-state index in [0.29, 0.717) is 0 Å². The van der Waals surface area contributed by atoms with Crippen molar-refractivity contribution in [1.29, 1.82) is 0 Å². The van der Waals surface area contributed by atoms with Crippen molar-refractivity contribution < 1.29 is 0 Å². The molecular weight excluding hydrogens is 206 g/mol. The van der Waals surface area contributed by atoms with Crippen LogP contribution in [0, 0.1) is 11.3 Å². The second-order valence-electron chi connectivity index (χ2n) is 7.13. The molecule has 0 heterocycles. The molecule has 0 aromatic heterocycles. The lowest BCUT2D eigenvalue weighted by Crippen LogP contribution is -2.45. The van der Waals surface area contributed by atoms with Crippen molar-refractivity contribution in [3.8, 4) is 0 Å². The summed E-state index contributed by atoms with van der Waals surface area (Å²) in [5, 5.41) is 3.93. The number of hydrogen-bond acceptors (Lipinski definition) is 1. The Morgan fingerprint density at radius 2 is 1.53 bits per heavy atom.